The van der Waals surface area contributed by atoms with E-state index in [9.17, 15) is 9.59 Å². The summed E-state index contributed by atoms with van der Waals surface area (Å²) in [5.41, 5.74) is 4.53. The largest absolute Gasteiger partial charge is 0.445 e. The molecule has 4 rings (SSSR count). The molecule has 29 heavy (non-hydrogen) atoms. The fourth-order valence-electron chi connectivity index (χ4n) is 3.36. The number of ketones is 1. The summed E-state index contributed by atoms with van der Waals surface area (Å²) in [6, 6.07) is 22.1. The number of nitrogens with one attached hydrogen (secondary N) is 1. The highest BCUT2D eigenvalue weighted by Crippen LogP contribution is 2.28. The van der Waals surface area contributed by atoms with Gasteiger partial charge in [0.25, 0.3) is 0 Å². The van der Waals surface area contributed by atoms with Gasteiger partial charge in [0.2, 0.25) is 5.78 Å². The Kier molecular flexibility index (Phi) is 5.00. The number of carbonyl (C=O) groups is 2. The van der Waals surface area contributed by atoms with Crippen LogP contribution in [0.4, 0.5) is 0 Å². The monoisotopic (exact) mass is 383 g/mol. The van der Waals surface area contributed by atoms with E-state index in [1.807, 2.05) is 62.4 Å². The molecule has 144 valence electrons. The zero-order chi connectivity index (χ0) is 20.4. The van der Waals surface area contributed by atoms with E-state index in [1.54, 1.807) is 30.5 Å². The van der Waals surface area contributed by atoms with E-state index in [0.717, 1.165) is 22.0 Å². The van der Waals surface area contributed by atoms with Crippen molar-refractivity contribution in [3.8, 4) is 0 Å². The van der Waals surface area contributed by atoms with Gasteiger partial charge in [0.05, 0.1) is 5.56 Å². The molecule has 0 spiro atoms. The first-order valence-corrected chi connectivity index (χ1v) is 9.48. The zero-order valence-corrected chi connectivity index (χ0v) is 16.3. The van der Waals surface area contributed by atoms with Crippen molar-refractivity contribution in [1.82, 2.24) is 4.98 Å². The number of rotatable bonds is 5. The molecule has 4 nitrogen and oxygen atoms in total. The van der Waals surface area contributed by atoms with Crippen molar-refractivity contribution < 1.29 is 14.3 Å². The summed E-state index contributed by atoms with van der Waals surface area (Å²) in [5, 5.41) is 0.806. The van der Waals surface area contributed by atoms with Gasteiger partial charge in [0, 0.05) is 28.2 Å². The van der Waals surface area contributed by atoms with Gasteiger partial charge in [-0.1, -0.05) is 54.6 Å². The Labute approximate surface area is 169 Å². The van der Waals surface area contributed by atoms with Gasteiger partial charge < -0.3 is 9.72 Å². The zero-order valence-electron chi connectivity index (χ0n) is 16.3. The molecule has 4 heteroatoms. The summed E-state index contributed by atoms with van der Waals surface area (Å²) < 4.78 is 5.75. The van der Waals surface area contributed by atoms with Crippen LogP contribution in [0.5, 0.6) is 0 Å². The van der Waals surface area contributed by atoms with E-state index in [4.69, 9.17) is 4.74 Å². The topological polar surface area (TPSA) is 59.2 Å². The lowest BCUT2D eigenvalue weighted by Crippen LogP contribution is -2.20. The lowest BCUT2D eigenvalue weighted by atomic mass is 9.99. The second kappa shape index (κ2) is 7.76. The predicted molar refractivity (Wildman–Crippen MR) is 113 cm³/mol. The summed E-state index contributed by atoms with van der Waals surface area (Å²) in [6.07, 6.45) is 0.650. The van der Waals surface area contributed by atoms with Crippen molar-refractivity contribution in [1.29, 1.82) is 0 Å². The van der Waals surface area contributed by atoms with Gasteiger partial charge in [-0.15, -0.1) is 0 Å². The Morgan fingerprint density at radius 3 is 2.34 bits per heavy atom. The highest BCUT2D eigenvalue weighted by Gasteiger charge is 2.28. The molecular weight excluding hydrogens is 362 g/mol. The summed E-state index contributed by atoms with van der Waals surface area (Å²) >= 11 is 0. The number of carbonyl (C=O) groups excluding carboxylic acids is 2. The van der Waals surface area contributed by atoms with E-state index < -0.39 is 12.1 Å². The van der Waals surface area contributed by atoms with E-state index >= 15 is 0 Å². The average molecular weight is 383 g/mol. The van der Waals surface area contributed by atoms with Gasteiger partial charge in [0.1, 0.15) is 0 Å². The number of hydrogen-bond acceptors (Lipinski definition) is 3. The number of aromatic nitrogens is 1. The highest BCUT2D eigenvalue weighted by molar-refractivity contribution is 6.11. The molecule has 1 heterocycles. The lowest BCUT2D eigenvalue weighted by Gasteiger charge is -2.17. The van der Waals surface area contributed by atoms with Crippen LogP contribution in [0.3, 0.4) is 0 Å². The molecule has 4 aromatic rings. The molecule has 1 N–H and O–H groups in total. The number of aromatic amines is 1. The maximum Gasteiger partial charge on any atom is 0.339 e. The third-order valence-electron chi connectivity index (χ3n) is 5.16. The van der Waals surface area contributed by atoms with Crippen LogP contribution in [0, 0.1) is 13.8 Å². The lowest BCUT2D eigenvalue weighted by molar-refractivity contribution is 0.0280. The number of aryl methyl sites for hydroxylation is 2. The first-order chi connectivity index (χ1) is 14.0. The van der Waals surface area contributed by atoms with Crippen LogP contribution < -0.4 is 0 Å². The van der Waals surface area contributed by atoms with Crippen molar-refractivity contribution in [3.05, 3.63) is 107 Å². The normalized spacial score (nSPS) is 11.9. The van der Waals surface area contributed by atoms with Crippen molar-refractivity contribution in [2.45, 2.75) is 20.0 Å². The van der Waals surface area contributed by atoms with Crippen molar-refractivity contribution in [2.24, 2.45) is 0 Å². The second-order valence-corrected chi connectivity index (χ2v) is 7.11. The number of ether oxygens (including phenoxy) is 1. The average Bonchev–Trinajstić information content (AvgIpc) is 3.18. The van der Waals surface area contributed by atoms with E-state index in [1.165, 1.54) is 0 Å². The third kappa shape index (κ3) is 3.69. The van der Waals surface area contributed by atoms with E-state index in [2.05, 4.69) is 4.98 Å². The van der Waals surface area contributed by atoms with Crippen LogP contribution in [-0.4, -0.2) is 16.7 Å². The Morgan fingerprint density at radius 1 is 0.862 bits per heavy atom. The maximum absolute atomic E-state index is 13.4. The maximum atomic E-state index is 13.4. The van der Waals surface area contributed by atoms with E-state index in [-0.39, 0.29) is 5.78 Å². The summed E-state index contributed by atoms with van der Waals surface area (Å²) in [4.78, 5) is 29.4. The minimum Gasteiger partial charge on any atom is -0.445 e. The van der Waals surface area contributed by atoms with Crippen molar-refractivity contribution in [2.75, 3.05) is 0 Å². The van der Waals surface area contributed by atoms with Gasteiger partial charge >= 0.3 is 5.97 Å². The van der Waals surface area contributed by atoms with Gasteiger partial charge in [-0.2, -0.15) is 0 Å². The molecular formula is C25H21NO3. The van der Waals surface area contributed by atoms with Crippen molar-refractivity contribution in [3.63, 3.8) is 0 Å². The van der Waals surface area contributed by atoms with Crippen LogP contribution >= 0.6 is 0 Å². The SMILES string of the molecule is Cc1ccc(C(=O)OC(C(=O)c2c[nH]c3ccccc23)c2ccccc2)cc1C. The molecule has 0 radical (unpaired) electrons. The van der Waals surface area contributed by atoms with Crippen LogP contribution in [0.15, 0.2) is 79.0 Å². The number of esters is 1. The Bertz CT molecular complexity index is 1190. The molecule has 0 bridgehead atoms. The Hall–Kier alpha value is -3.66. The summed E-state index contributed by atoms with van der Waals surface area (Å²) in [7, 11) is 0. The quantitative estimate of drug-likeness (QED) is 0.362. The number of H-pyrrole nitrogens is 1. The minimum absolute atomic E-state index is 0.258. The molecule has 0 aliphatic carbocycles. The molecule has 0 aliphatic heterocycles. The molecule has 1 atom stereocenters. The Morgan fingerprint density at radius 2 is 1.59 bits per heavy atom. The predicted octanol–water partition coefficient (Wildman–Crippen LogP) is 5.57. The van der Waals surface area contributed by atoms with Gasteiger partial charge in [0.15, 0.2) is 6.10 Å². The number of hydrogen-bond donors (Lipinski definition) is 1. The molecule has 1 aromatic heterocycles. The molecule has 0 saturated carbocycles. The second-order valence-electron chi connectivity index (χ2n) is 7.11. The number of para-hydroxylation sites is 1. The van der Waals surface area contributed by atoms with Crippen LogP contribution in [0.25, 0.3) is 10.9 Å². The first kappa shape index (κ1) is 18.7. The molecule has 0 fully saturated rings. The third-order valence-corrected chi connectivity index (χ3v) is 5.16. The van der Waals surface area contributed by atoms with Gasteiger partial charge in [-0.05, 0) is 43.2 Å². The van der Waals surface area contributed by atoms with Crippen LogP contribution in [0.1, 0.15) is 43.5 Å². The highest BCUT2D eigenvalue weighted by atomic mass is 16.5. The van der Waals surface area contributed by atoms with Crippen LogP contribution in [-0.2, 0) is 4.74 Å². The molecule has 3 aromatic carbocycles. The fraction of sp³-hybridized carbons (Fsp3) is 0.120. The first-order valence-electron chi connectivity index (χ1n) is 9.48. The summed E-state index contributed by atoms with van der Waals surface area (Å²) in [6.45, 7) is 3.93. The number of fused-ring (bicyclic) bond motifs is 1. The summed E-state index contributed by atoms with van der Waals surface area (Å²) in [5.74, 6) is -0.777. The van der Waals surface area contributed by atoms with Crippen LogP contribution in [0.2, 0.25) is 0 Å². The van der Waals surface area contributed by atoms with Gasteiger partial charge in [-0.3, -0.25) is 4.79 Å². The van der Waals surface area contributed by atoms with E-state index in [0.29, 0.717) is 16.7 Å². The standard InChI is InChI=1S/C25H21NO3/c1-16-12-13-19(14-17(16)2)25(28)29-24(18-8-4-3-5-9-18)23(27)21-15-26-22-11-7-6-10-20(21)22/h3-15,24,26H,1-2H3. The smallest absolute Gasteiger partial charge is 0.339 e. The number of benzene rings is 3. The van der Waals surface area contributed by atoms with Crippen molar-refractivity contribution >= 4 is 22.7 Å². The molecule has 0 aliphatic rings. The Balaban J connectivity index is 1.71. The van der Waals surface area contributed by atoms with Gasteiger partial charge in [-0.25, -0.2) is 4.79 Å². The minimum atomic E-state index is -1.02. The fourth-order valence-corrected chi connectivity index (χ4v) is 3.36. The number of Topliss-reactive ketones (excluding diaryl/α,β-unsaturated/α-hetero) is 1. The molecule has 0 amide bonds. The molecule has 1 unspecified atom stereocenters. The molecule has 0 saturated heterocycles.